The Balaban J connectivity index is 2.15. The summed E-state index contributed by atoms with van der Waals surface area (Å²) >= 11 is 0. The van der Waals surface area contributed by atoms with E-state index in [0.29, 0.717) is 12.1 Å². The van der Waals surface area contributed by atoms with E-state index in [1.807, 2.05) is 6.92 Å². The Morgan fingerprint density at radius 2 is 2.33 bits per heavy atom. The standard InChI is InChI=1S/C10H17NO/c1-7(12)9-4-2-3-8-5-6-10(9)11-8/h4,7-8,10-12H,2-3,5-6H2,1H3/t7-,8?,10?/m0/s1. The molecule has 0 aromatic heterocycles. The molecule has 68 valence electrons. The first kappa shape index (κ1) is 8.27. The molecule has 1 fully saturated rings. The first-order valence-electron chi connectivity index (χ1n) is 4.91. The van der Waals surface area contributed by atoms with Crippen molar-refractivity contribution in [1.29, 1.82) is 0 Å². The Morgan fingerprint density at radius 3 is 3.08 bits per heavy atom. The minimum absolute atomic E-state index is 0.264. The van der Waals surface area contributed by atoms with Crippen molar-refractivity contribution in [3.8, 4) is 0 Å². The molecule has 3 atom stereocenters. The van der Waals surface area contributed by atoms with Crippen molar-refractivity contribution in [2.24, 2.45) is 0 Å². The quantitative estimate of drug-likeness (QED) is 0.575. The predicted molar refractivity (Wildman–Crippen MR) is 48.9 cm³/mol. The van der Waals surface area contributed by atoms with Gasteiger partial charge in [-0.15, -0.1) is 0 Å². The summed E-state index contributed by atoms with van der Waals surface area (Å²) in [4.78, 5) is 0. The van der Waals surface area contributed by atoms with Gasteiger partial charge in [-0.1, -0.05) is 6.08 Å². The zero-order chi connectivity index (χ0) is 8.55. The SMILES string of the molecule is C[C@H](O)C1=CCCC2CCC1N2. The van der Waals surface area contributed by atoms with Crippen molar-refractivity contribution in [2.45, 2.75) is 50.8 Å². The topological polar surface area (TPSA) is 32.3 Å². The molecule has 2 aliphatic rings. The fraction of sp³-hybridized carbons (Fsp3) is 0.800. The predicted octanol–water partition coefficient (Wildman–Crippen LogP) is 1.21. The fourth-order valence-electron chi connectivity index (χ4n) is 2.36. The van der Waals surface area contributed by atoms with E-state index in [0.717, 1.165) is 6.42 Å². The highest BCUT2D eigenvalue weighted by atomic mass is 16.3. The second kappa shape index (κ2) is 3.19. The third kappa shape index (κ3) is 1.41. The average Bonchev–Trinajstić information content (AvgIpc) is 2.30. The summed E-state index contributed by atoms with van der Waals surface area (Å²) in [5, 5.41) is 13.1. The van der Waals surface area contributed by atoms with Crippen LogP contribution in [0.4, 0.5) is 0 Å². The van der Waals surface area contributed by atoms with Gasteiger partial charge in [-0.25, -0.2) is 0 Å². The van der Waals surface area contributed by atoms with Crippen LogP contribution >= 0.6 is 0 Å². The van der Waals surface area contributed by atoms with Crippen molar-refractivity contribution in [1.82, 2.24) is 5.32 Å². The van der Waals surface area contributed by atoms with Gasteiger partial charge >= 0.3 is 0 Å². The number of hydrogen-bond donors (Lipinski definition) is 2. The van der Waals surface area contributed by atoms with E-state index in [4.69, 9.17) is 0 Å². The molecule has 2 nitrogen and oxygen atoms in total. The van der Waals surface area contributed by atoms with Crippen molar-refractivity contribution in [3.63, 3.8) is 0 Å². The molecule has 2 heterocycles. The molecule has 2 aliphatic heterocycles. The Hall–Kier alpha value is -0.340. The maximum atomic E-state index is 9.51. The molecule has 2 heteroatoms. The van der Waals surface area contributed by atoms with Gasteiger partial charge in [-0.3, -0.25) is 0 Å². The Labute approximate surface area is 73.7 Å². The van der Waals surface area contributed by atoms with Gasteiger partial charge in [0.2, 0.25) is 0 Å². The van der Waals surface area contributed by atoms with Gasteiger partial charge in [0.1, 0.15) is 0 Å². The first-order valence-corrected chi connectivity index (χ1v) is 4.91. The molecule has 12 heavy (non-hydrogen) atoms. The van der Waals surface area contributed by atoms with Crippen molar-refractivity contribution in [3.05, 3.63) is 11.6 Å². The van der Waals surface area contributed by atoms with Crippen LogP contribution in [-0.2, 0) is 0 Å². The highest BCUT2D eigenvalue weighted by Gasteiger charge is 2.29. The van der Waals surface area contributed by atoms with Crippen LogP contribution in [0.15, 0.2) is 11.6 Å². The number of allylic oxidation sites excluding steroid dienone is 1. The summed E-state index contributed by atoms with van der Waals surface area (Å²) in [5.41, 5.74) is 1.22. The van der Waals surface area contributed by atoms with Gasteiger partial charge in [-0.2, -0.15) is 0 Å². The van der Waals surface area contributed by atoms with Crippen LogP contribution in [0.2, 0.25) is 0 Å². The van der Waals surface area contributed by atoms with E-state index in [2.05, 4.69) is 11.4 Å². The van der Waals surface area contributed by atoms with Crippen LogP contribution in [0.25, 0.3) is 0 Å². The van der Waals surface area contributed by atoms with E-state index in [1.165, 1.54) is 24.8 Å². The summed E-state index contributed by atoms with van der Waals surface area (Å²) in [6, 6.07) is 1.18. The molecular weight excluding hydrogens is 150 g/mol. The largest absolute Gasteiger partial charge is 0.389 e. The summed E-state index contributed by atoms with van der Waals surface area (Å²) in [6.45, 7) is 1.87. The maximum absolute atomic E-state index is 9.51. The third-order valence-corrected chi connectivity index (χ3v) is 3.02. The van der Waals surface area contributed by atoms with E-state index in [9.17, 15) is 5.11 Å². The molecule has 0 aromatic carbocycles. The molecule has 0 radical (unpaired) electrons. The molecule has 2 bridgehead atoms. The van der Waals surface area contributed by atoms with Gasteiger partial charge in [0.05, 0.1) is 6.10 Å². The molecule has 0 aromatic rings. The second-order valence-electron chi connectivity index (χ2n) is 3.95. The molecule has 0 amide bonds. The Morgan fingerprint density at radius 1 is 1.50 bits per heavy atom. The molecule has 2 unspecified atom stereocenters. The number of nitrogens with one attached hydrogen (secondary N) is 1. The van der Waals surface area contributed by atoms with Gasteiger partial charge in [-0.05, 0) is 38.2 Å². The van der Waals surface area contributed by atoms with Crippen LogP contribution in [0.5, 0.6) is 0 Å². The van der Waals surface area contributed by atoms with Crippen LogP contribution in [0, 0.1) is 0 Å². The highest BCUT2D eigenvalue weighted by Crippen LogP contribution is 2.27. The molecular formula is C10H17NO. The average molecular weight is 167 g/mol. The van der Waals surface area contributed by atoms with Gasteiger partial charge in [0.25, 0.3) is 0 Å². The first-order chi connectivity index (χ1) is 5.77. The summed E-state index contributed by atoms with van der Waals surface area (Å²) < 4.78 is 0. The normalized spacial score (nSPS) is 37.3. The number of aliphatic hydroxyl groups excluding tert-OH is 1. The lowest BCUT2D eigenvalue weighted by Gasteiger charge is -2.17. The lowest BCUT2D eigenvalue weighted by molar-refractivity contribution is 0.221. The summed E-state index contributed by atoms with van der Waals surface area (Å²) in [7, 11) is 0. The van der Waals surface area contributed by atoms with Crippen LogP contribution in [0.1, 0.15) is 32.6 Å². The third-order valence-electron chi connectivity index (χ3n) is 3.02. The minimum atomic E-state index is -0.264. The van der Waals surface area contributed by atoms with Gasteiger partial charge < -0.3 is 10.4 Å². The Bertz CT molecular complexity index is 198. The number of rotatable bonds is 1. The van der Waals surface area contributed by atoms with Crippen LogP contribution in [-0.4, -0.2) is 23.3 Å². The molecule has 0 spiro atoms. The summed E-state index contributed by atoms with van der Waals surface area (Å²) in [5.74, 6) is 0. The zero-order valence-corrected chi connectivity index (χ0v) is 7.59. The van der Waals surface area contributed by atoms with Crippen LogP contribution < -0.4 is 5.32 Å². The molecule has 2 rings (SSSR count). The highest BCUT2D eigenvalue weighted by molar-refractivity contribution is 5.19. The molecule has 1 saturated heterocycles. The molecule has 2 N–H and O–H groups in total. The second-order valence-corrected chi connectivity index (χ2v) is 3.95. The monoisotopic (exact) mass is 167 g/mol. The van der Waals surface area contributed by atoms with Gasteiger partial charge in [0.15, 0.2) is 0 Å². The number of fused-ring (bicyclic) bond motifs is 2. The van der Waals surface area contributed by atoms with E-state index in [1.54, 1.807) is 0 Å². The minimum Gasteiger partial charge on any atom is -0.389 e. The van der Waals surface area contributed by atoms with Crippen molar-refractivity contribution >= 4 is 0 Å². The van der Waals surface area contributed by atoms with Crippen LogP contribution in [0.3, 0.4) is 0 Å². The van der Waals surface area contributed by atoms with Crippen molar-refractivity contribution in [2.75, 3.05) is 0 Å². The fourth-order valence-corrected chi connectivity index (χ4v) is 2.36. The number of aliphatic hydroxyl groups is 1. The number of hydrogen-bond acceptors (Lipinski definition) is 2. The van der Waals surface area contributed by atoms with E-state index < -0.39 is 0 Å². The van der Waals surface area contributed by atoms with E-state index >= 15 is 0 Å². The van der Waals surface area contributed by atoms with Crippen molar-refractivity contribution < 1.29 is 5.11 Å². The molecule has 0 aliphatic carbocycles. The van der Waals surface area contributed by atoms with E-state index in [-0.39, 0.29) is 6.10 Å². The zero-order valence-electron chi connectivity index (χ0n) is 7.59. The maximum Gasteiger partial charge on any atom is 0.0737 e. The lowest BCUT2D eigenvalue weighted by atomic mass is 9.97. The molecule has 0 saturated carbocycles. The van der Waals surface area contributed by atoms with Gasteiger partial charge in [0, 0.05) is 12.1 Å². The lowest BCUT2D eigenvalue weighted by Crippen LogP contribution is -2.32. The summed E-state index contributed by atoms with van der Waals surface area (Å²) in [6.07, 6.45) is 6.83. The smallest absolute Gasteiger partial charge is 0.0737 e. The Kier molecular flexibility index (Phi) is 2.20.